The highest BCUT2D eigenvalue weighted by molar-refractivity contribution is 6.36. The third-order valence-electron chi connectivity index (χ3n) is 3.39. The number of hydrogen-bond donors (Lipinski definition) is 2. The van der Waals surface area contributed by atoms with E-state index < -0.39 is 11.9 Å². The molecule has 0 aromatic heterocycles. The number of carboxylic acids is 1. The third-order valence-corrected chi connectivity index (χ3v) is 3.94. The van der Waals surface area contributed by atoms with Crippen LogP contribution in [-0.2, 0) is 4.79 Å². The lowest BCUT2D eigenvalue weighted by Gasteiger charge is -2.17. The number of carbonyl (C=O) groups excluding carboxylic acids is 1. The summed E-state index contributed by atoms with van der Waals surface area (Å²) in [5.41, 5.74) is 0.451. The van der Waals surface area contributed by atoms with Gasteiger partial charge in [0.2, 0.25) is 0 Å². The van der Waals surface area contributed by atoms with E-state index in [-0.39, 0.29) is 18.5 Å². The van der Waals surface area contributed by atoms with Crippen molar-refractivity contribution in [3.8, 4) is 0 Å². The van der Waals surface area contributed by atoms with Gasteiger partial charge in [0.05, 0.1) is 16.6 Å². The van der Waals surface area contributed by atoms with Gasteiger partial charge in [-0.2, -0.15) is 0 Å². The van der Waals surface area contributed by atoms with Crippen LogP contribution in [-0.4, -0.2) is 35.1 Å². The van der Waals surface area contributed by atoms with Crippen LogP contribution in [0.15, 0.2) is 18.2 Å². The highest BCUT2D eigenvalue weighted by atomic mass is 35.5. The zero-order valence-corrected chi connectivity index (χ0v) is 12.3. The molecule has 1 aliphatic heterocycles. The van der Waals surface area contributed by atoms with Gasteiger partial charge in [-0.25, -0.2) is 4.79 Å². The van der Waals surface area contributed by atoms with E-state index in [1.54, 1.807) is 12.1 Å². The highest BCUT2D eigenvalue weighted by Gasteiger charge is 2.37. The van der Waals surface area contributed by atoms with Gasteiger partial charge in [-0.3, -0.25) is 4.79 Å². The predicted octanol–water partition coefficient (Wildman–Crippen LogP) is 3.18. The lowest BCUT2D eigenvalue weighted by atomic mass is 9.99. The smallest absolute Gasteiger partial charge is 0.321 e. The summed E-state index contributed by atoms with van der Waals surface area (Å²) in [6.45, 7) is 2.43. The van der Waals surface area contributed by atoms with Gasteiger partial charge in [0.15, 0.2) is 0 Å². The van der Waals surface area contributed by atoms with Crippen molar-refractivity contribution in [1.82, 2.24) is 4.90 Å². The van der Waals surface area contributed by atoms with Crippen molar-refractivity contribution in [2.75, 3.05) is 18.4 Å². The Morgan fingerprint density at radius 3 is 2.60 bits per heavy atom. The molecule has 0 radical (unpaired) electrons. The van der Waals surface area contributed by atoms with Crippen LogP contribution in [0.1, 0.15) is 6.92 Å². The first-order chi connectivity index (χ1) is 9.38. The molecule has 1 aromatic rings. The molecule has 2 amide bonds. The Hall–Kier alpha value is -1.46. The molecule has 1 saturated heterocycles. The van der Waals surface area contributed by atoms with Crippen molar-refractivity contribution in [1.29, 1.82) is 0 Å². The fourth-order valence-corrected chi connectivity index (χ4v) is 2.69. The number of carboxylic acid groups (broad SMARTS) is 1. The second kappa shape index (κ2) is 5.89. The zero-order chi connectivity index (χ0) is 14.9. The molecule has 0 spiro atoms. The lowest BCUT2D eigenvalue weighted by molar-refractivity contribution is -0.142. The van der Waals surface area contributed by atoms with Gasteiger partial charge in [0, 0.05) is 18.1 Å². The Bertz CT molecular complexity index is 550. The number of benzene rings is 1. The van der Waals surface area contributed by atoms with E-state index in [9.17, 15) is 9.59 Å². The van der Waals surface area contributed by atoms with E-state index in [4.69, 9.17) is 28.3 Å². The molecule has 0 saturated carbocycles. The van der Waals surface area contributed by atoms with E-state index in [0.717, 1.165) is 0 Å². The number of carbonyl (C=O) groups is 2. The lowest BCUT2D eigenvalue weighted by Crippen LogP contribution is -2.33. The largest absolute Gasteiger partial charge is 0.481 e. The number of nitrogens with zero attached hydrogens (tertiary/aromatic N) is 1. The first-order valence-electron chi connectivity index (χ1n) is 6.12. The van der Waals surface area contributed by atoms with Crippen molar-refractivity contribution >= 4 is 40.9 Å². The number of rotatable bonds is 2. The summed E-state index contributed by atoms with van der Waals surface area (Å²) in [7, 11) is 0. The second-order valence-corrected chi connectivity index (χ2v) is 5.72. The highest BCUT2D eigenvalue weighted by Crippen LogP contribution is 2.27. The molecule has 2 atom stereocenters. The number of anilines is 1. The Morgan fingerprint density at radius 1 is 1.35 bits per heavy atom. The number of amides is 2. The molecule has 2 rings (SSSR count). The normalized spacial score (nSPS) is 21.9. The van der Waals surface area contributed by atoms with Crippen molar-refractivity contribution < 1.29 is 14.7 Å². The first-order valence-corrected chi connectivity index (χ1v) is 6.88. The summed E-state index contributed by atoms with van der Waals surface area (Å²) >= 11 is 11.8. The molecule has 1 aliphatic rings. The standard InChI is InChI=1S/C13H14Cl2N2O3/c1-7-5-17(6-9(7)12(18)19)13(20)16-11-3-2-8(14)4-10(11)15/h2-4,7,9H,5-6H2,1H3,(H,16,20)(H,18,19). The molecule has 20 heavy (non-hydrogen) atoms. The summed E-state index contributed by atoms with van der Waals surface area (Å²) in [5, 5.41) is 12.5. The predicted molar refractivity (Wildman–Crippen MR) is 77.3 cm³/mol. The minimum absolute atomic E-state index is 0.0704. The fraction of sp³-hybridized carbons (Fsp3) is 0.385. The van der Waals surface area contributed by atoms with Gasteiger partial charge < -0.3 is 15.3 Å². The number of likely N-dealkylation sites (tertiary alicyclic amines) is 1. The molecule has 1 aromatic carbocycles. The molecule has 108 valence electrons. The van der Waals surface area contributed by atoms with Crippen molar-refractivity contribution in [3.63, 3.8) is 0 Å². The van der Waals surface area contributed by atoms with Crippen LogP contribution in [0.3, 0.4) is 0 Å². The number of halogens is 2. The van der Waals surface area contributed by atoms with Gasteiger partial charge in [0.1, 0.15) is 0 Å². The van der Waals surface area contributed by atoms with Crippen molar-refractivity contribution in [2.24, 2.45) is 11.8 Å². The summed E-state index contributed by atoms with van der Waals surface area (Å²) in [5.74, 6) is -1.47. The average molecular weight is 317 g/mol. The van der Waals surface area contributed by atoms with Crippen LogP contribution in [0, 0.1) is 11.8 Å². The van der Waals surface area contributed by atoms with E-state index in [1.807, 2.05) is 6.92 Å². The minimum Gasteiger partial charge on any atom is -0.481 e. The molecule has 1 fully saturated rings. The van der Waals surface area contributed by atoms with Crippen LogP contribution in [0.2, 0.25) is 10.0 Å². The van der Waals surface area contributed by atoms with Crippen LogP contribution >= 0.6 is 23.2 Å². The Labute approximate surface area is 126 Å². The minimum atomic E-state index is -0.877. The third kappa shape index (κ3) is 3.16. The molecule has 0 bridgehead atoms. The summed E-state index contributed by atoms with van der Waals surface area (Å²) in [4.78, 5) is 24.6. The van der Waals surface area contributed by atoms with Crippen LogP contribution < -0.4 is 5.32 Å². The van der Waals surface area contributed by atoms with Gasteiger partial charge >= 0.3 is 12.0 Å². The first kappa shape index (κ1) is 14.9. The molecular weight excluding hydrogens is 303 g/mol. The Morgan fingerprint density at radius 2 is 2.05 bits per heavy atom. The van der Waals surface area contributed by atoms with E-state index in [0.29, 0.717) is 22.3 Å². The summed E-state index contributed by atoms with van der Waals surface area (Å²) < 4.78 is 0. The molecule has 2 unspecified atom stereocenters. The SMILES string of the molecule is CC1CN(C(=O)Nc2ccc(Cl)cc2Cl)CC1C(=O)O. The monoisotopic (exact) mass is 316 g/mol. The Kier molecular flexibility index (Phi) is 4.40. The average Bonchev–Trinajstić information content (AvgIpc) is 2.75. The molecule has 1 heterocycles. The maximum absolute atomic E-state index is 12.1. The van der Waals surface area contributed by atoms with Gasteiger partial charge in [0.25, 0.3) is 0 Å². The van der Waals surface area contributed by atoms with E-state index in [2.05, 4.69) is 5.32 Å². The summed E-state index contributed by atoms with van der Waals surface area (Å²) in [6, 6.07) is 4.41. The molecule has 0 aliphatic carbocycles. The number of aliphatic carboxylic acids is 1. The van der Waals surface area contributed by atoms with Crippen LogP contribution in [0.4, 0.5) is 10.5 Å². The van der Waals surface area contributed by atoms with Gasteiger partial charge in [-0.15, -0.1) is 0 Å². The van der Waals surface area contributed by atoms with Gasteiger partial charge in [-0.05, 0) is 24.1 Å². The zero-order valence-electron chi connectivity index (χ0n) is 10.8. The number of nitrogens with one attached hydrogen (secondary N) is 1. The van der Waals surface area contributed by atoms with Crippen LogP contribution in [0.5, 0.6) is 0 Å². The second-order valence-electron chi connectivity index (χ2n) is 4.88. The van der Waals surface area contributed by atoms with E-state index >= 15 is 0 Å². The maximum Gasteiger partial charge on any atom is 0.321 e. The van der Waals surface area contributed by atoms with E-state index in [1.165, 1.54) is 11.0 Å². The fourth-order valence-electron chi connectivity index (χ4n) is 2.24. The number of urea groups is 1. The molecule has 5 nitrogen and oxygen atoms in total. The topological polar surface area (TPSA) is 69.6 Å². The quantitative estimate of drug-likeness (QED) is 0.880. The van der Waals surface area contributed by atoms with Crippen molar-refractivity contribution in [3.05, 3.63) is 28.2 Å². The van der Waals surface area contributed by atoms with Gasteiger partial charge in [-0.1, -0.05) is 30.1 Å². The Balaban J connectivity index is 2.04. The number of hydrogen-bond acceptors (Lipinski definition) is 2. The molecular formula is C13H14Cl2N2O3. The molecule has 2 N–H and O–H groups in total. The van der Waals surface area contributed by atoms with Crippen molar-refractivity contribution in [2.45, 2.75) is 6.92 Å². The molecule has 7 heteroatoms. The maximum atomic E-state index is 12.1. The van der Waals surface area contributed by atoms with Crippen LogP contribution in [0.25, 0.3) is 0 Å². The summed E-state index contributed by atoms with van der Waals surface area (Å²) in [6.07, 6.45) is 0.